The van der Waals surface area contributed by atoms with Crippen molar-refractivity contribution in [1.82, 2.24) is 4.98 Å². The van der Waals surface area contributed by atoms with Crippen LogP contribution in [0.3, 0.4) is 0 Å². The molecule has 0 unspecified atom stereocenters. The molecule has 104 valence electrons. The van der Waals surface area contributed by atoms with Crippen LogP contribution >= 0.6 is 15.9 Å². The lowest BCUT2D eigenvalue weighted by atomic mass is 10.2. The van der Waals surface area contributed by atoms with Gasteiger partial charge in [0, 0.05) is 6.20 Å². The third-order valence-electron chi connectivity index (χ3n) is 2.45. The van der Waals surface area contributed by atoms with E-state index in [2.05, 4.69) is 26.2 Å². The summed E-state index contributed by atoms with van der Waals surface area (Å²) in [4.78, 5) is 15.9. The second-order valence-electron chi connectivity index (χ2n) is 3.84. The Morgan fingerprint density at radius 3 is 2.55 bits per heavy atom. The number of hydrogen-bond donors (Lipinski definition) is 2. The first-order valence-corrected chi connectivity index (χ1v) is 7.77. The number of aromatic nitrogens is 1. The number of para-hydroxylation sites is 1. The van der Waals surface area contributed by atoms with Crippen molar-refractivity contribution in [2.24, 2.45) is 5.14 Å². The van der Waals surface area contributed by atoms with E-state index >= 15 is 0 Å². The predicted octanol–water partition coefficient (Wildman–Crippen LogP) is 1.74. The van der Waals surface area contributed by atoms with Crippen LogP contribution in [0, 0.1) is 0 Å². The van der Waals surface area contributed by atoms with E-state index in [0.29, 0.717) is 4.60 Å². The topological polar surface area (TPSA) is 102 Å². The molecule has 0 saturated heterocycles. The second kappa shape index (κ2) is 5.70. The van der Waals surface area contributed by atoms with Crippen LogP contribution in [0.1, 0.15) is 10.4 Å². The summed E-state index contributed by atoms with van der Waals surface area (Å²) in [7, 11) is -3.91. The molecule has 0 radical (unpaired) electrons. The number of amides is 1. The summed E-state index contributed by atoms with van der Waals surface area (Å²) in [6.45, 7) is 0. The Morgan fingerprint density at radius 1 is 1.20 bits per heavy atom. The predicted molar refractivity (Wildman–Crippen MR) is 77.7 cm³/mol. The standard InChI is InChI=1S/C12H10BrN3O3S/c13-11-8(4-3-7-15-11)12(17)16-9-5-1-2-6-10(9)20(14,18)19/h1-7H,(H,16,17)(H2,14,18,19). The summed E-state index contributed by atoms with van der Waals surface area (Å²) in [5.41, 5.74) is 0.410. The van der Waals surface area contributed by atoms with Gasteiger partial charge in [0.1, 0.15) is 9.50 Å². The van der Waals surface area contributed by atoms with Crippen molar-refractivity contribution in [1.29, 1.82) is 0 Å². The number of nitrogens with two attached hydrogens (primary N) is 1. The van der Waals surface area contributed by atoms with Crippen LogP contribution in [0.4, 0.5) is 5.69 Å². The number of hydrogen-bond acceptors (Lipinski definition) is 4. The quantitative estimate of drug-likeness (QED) is 0.818. The van der Waals surface area contributed by atoms with Crippen molar-refractivity contribution in [3.05, 3.63) is 52.8 Å². The normalized spacial score (nSPS) is 11.1. The number of halogens is 1. The smallest absolute Gasteiger partial charge is 0.258 e. The maximum absolute atomic E-state index is 12.1. The van der Waals surface area contributed by atoms with Gasteiger partial charge in [-0.1, -0.05) is 12.1 Å². The van der Waals surface area contributed by atoms with E-state index in [-0.39, 0.29) is 16.1 Å². The molecule has 0 aliphatic carbocycles. The number of anilines is 1. The molecule has 1 aromatic carbocycles. The Hall–Kier alpha value is -1.77. The van der Waals surface area contributed by atoms with Crippen LogP contribution < -0.4 is 10.5 Å². The van der Waals surface area contributed by atoms with Crippen LogP contribution in [0.2, 0.25) is 0 Å². The molecule has 3 N–H and O–H groups in total. The fraction of sp³-hybridized carbons (Fsp3) is 0. The van der Waals surface area contributed by atoms with E-state index in [1.807, 2.05) is 0 Å². The van der Waals surface area contributed by atoms with Gasteiger partial charge >= 0.3 is 0 Å². The molecule has 6 nitrogen and oxygen atoms in total. The number of nitrogens with zero attached hydrogens (tertiary/aromatic N) is 1. The van der Waals surface area contributed by atoms with E-state index < -0.39 is 15.9 Å². The summed E-state index contributed by atoms with van der Waals surface area (Å²) in [6, 6.07) is 9.07. The van der Waals surface area contributed by atoms with Crippen molar-refractivity contribution in [2.75, 3.05) is 5.32 Å². The molecule has 1 heterocycles. The first-order chi connectivity index (χ1) is 9.39. The minimum Gasteiger partial charge on any atom is -0.321 e. The Morgan fingerprint density at radius 2 is 1.90 bits per heavy atom. The minimum absolute atomic E-state index is 0.121. The highest BCUT2D eigenvalue weighted by molar-refractivity contribution is 9.10. The maximum Gasteiger partial charge on any atom is 0.258 e. The van der Waals surface area contributed by atoms with Crippen LogP contribution in [0.5, 0.6) is 0 Å². The van der Waals surface area contributed by atoms with E-state index in [4.69, 9.17) is 5.14 Å². The molecule has 8 heteroatoms. The van der Waals surface area contributed by atoms with Crippen molar-refractivity contribution in [3.63, 3.8) is 0 Å². The van der Waals surface area contributed by atoms with E-state index in [1.54, 1.807) is 18.2 Å². The molecule has 0 fully saturated rings. The summed E-state index contributed by atoms with van der Waals surface area (Å²) >= 11 is 3.15. The van der Waals surface area contributed by atoms with Gasteiger partial charge in [0.15, 0.2) is 0 Å². The van der Waals surface area contributed by atoms with Crippen molar-refractivity contribution in [2.45, 2.75) is 4.90 Å². The Kier molecular flexibility index (Phi) is 4.17. The zero-order chi connectivity index (χ0) is 14.8. The van der Waals surface area contributed by atoms with Crippen LogP contribution in [-0.2, 0) is 10.0 Å². The van der Waals surface area contributed by atoms with Crippen LogP contribution in [0.15, 0.2) is 52.1 Å². The largest absolute Gasteiger partial charge is 0.321 e. The molecule has 1 amide bonds. The molecule has 0 aliphatic heterocycles. The van der Waals surface area contributed by atoms with Crippen molar-refractivity contribution < 1.29 is 13.2 Å². The Labute approximate surface area is 124 Å². The lowest BCUT2D eigenvalue weighted by molar-refractivity contribution is 0.102. The first kappa shape index (κ1) is 14.6. The Balaban J connectivity index is 2.37. The number of sulfonamides is 1. The zero-order valence-corrected chi connectivity index (χ0v) is 12.5. The van der Waals surface area contributed by atoms with Crippen molar-refractivity contribution in [3.8, 4) is 0 Å². The SMILES string of the molecule is NS(=O)(=O)c1ccccc1NC(=O)c1cccnc1Br. The first-order valence-electron chi connectivity index (χ1n) is 5.43. The molecule has 0 spiro atoms. The van der Waals surface area contributed by atoms with Gasteiger partial charge in [-0.3, -0.25) is 4.79 Å². The highest BCUT2D eigenvalue weighted by atomic mass is 79.9. The molecule has 2 aromatic rings. The molecule has 0 saturated carbocycles. The number of nitrogens with one attached hydrogen (secondary N) is 1. The number of pyridine rings is 1. The van der Waals surface area contributed by atoms with E-state index in [0.717, 1.165) is 0 Å². The van der Waals surface area contributed by atoms with Gasteiger partial charge in [-0.15, -0.1) is 0 Å². The highest BCUT2D eigenvalue weighted by Gasteiger charge is 2.17. The van der Waals surface area contributed by atoms with Gasteiger partial charge in [-0.2, -0.15) is 0 Å². The number of benzene rings is 1. The van der Waals surface area contributed by atoms with E-state index in [1.165, 1.54) is 24.4 Å². The van der Waals surface area contributed by atoms with E-state index in [9.17, 15) is 13.2 Å². The van der Waals surface area contributed by atoms with Gasteiger partial charge < -0.3 is 5.32 Å². The van der Waals surface area contributed by atoms with Gasteiger partial charge in [-0.05, 0) is 40.2 Å². The summed E-state index contributed by atoms with van der Waals surface area (Å²) in [5, 5.41) is 7.61. The second-order valence-corrected chi connectivity index (χ2v) is 6.12. The molecule has 0 aliphatic rings. The lowest BCUT2D eigenvalue weighted by Gasteiger charge is -2.09. The van der Waals surface area contributed by atoms with Gasteiger partial charge in [0.25, 0.3) is 5.91 Å². The highest BCUT2D eigenvalue weighted by Crippen LogP contribution is 2.21. The molecule has 20 heavy (non-hydrogen) atoms. The summed E-state index contributed by atoms with van der Waals surface area (Å²) in [6.07, 6.45) is 1.53. The Bertz CT molecular complexity index is 762. The van der Waals surface area contributed by atoms with Crippen LogP contribution in [-0.4, -0.2) is 19.3 Å². The monoisotopic (exact) mass is 355 g/mol. The average Bonchev–Trinajstić information content (AvgIpc) is 2.38. The lowest BCUT2D eigenvalue weighted by Crippen LogP contribution is -2.18. The van der Waals surface area contributed by atoms with Gasteiger partial charge in [0.05, 0.1) is 11.3 Å². The zero-order valence-electron chi connectivity index (χ0n) is 10.1. The third kappa shape index (κ3) is 3.21. The molecule has 0 atom stereocenters. The average molecular weight is 356 g/mol. The van der Waals surface area contributed by atoms with Gasteiger partial charge in [0.2, 0.25) is 10.0 Å². The number of carbonyl (C=O) groups is 1. The van der Waals surface area contributed by atoms with Crippen LogP contribution in [0.25, 0.3) is 0 Å². The fourth-order valence-electron chi connectivity index (χ4n) is 1.56. The van der Waals surface area contributed by atoms with Crippen molar-refractivity contribution >= 4 is 37.5 Å². The number of rotatable bonds is 3. The number of carbonyl (C=O) groups excluding carboxylic acids is 1. The molecule has 2 rings (SSSR count). The van der Waals surface area contributed by atoms with Gasteiger partial charge in [-0.25, -0.2) is 18.5 Å². The molecular formula is C12H10BrN3O3S. The third-order valence-corrected chi connectivity index (χ3v) is 4.05. The number of primary sulfonamides is 1. The summed E-state index contributed by atoms with van der Waals surface area (Å²) < 4.78 is 23.3. The molecule has 0 bridgehead atoms. The minimum atomic E-state index is -3.91. The molecule has 1 aromatic heterocycles. The fourth-order valence-corrected chi connectivity index (χ4v) is 2.69. The summed E-state index contributed by atoms with van der Waals surface area (Å²) in [5.74, 6) is -0.485. The maximum atomic E-state index is 12.1. The molecular weight excluding hydrogens is 346 g/mol.